The van der Waals surface area contributed by atoms with Gasteiger partial charge in [-0.25, -0.2) is 4.98 Å². The highest BCUT2D eigenvalue weighted by Crippen LogP contribution is 2.38. The Morgan fingerprint density at radius 1 is 0.972 bits per heavy atom. The predicted octanol–water partition coefficient (Wildman–Crippen LogP) is 6.47. The number of amides is 2. The van der Waals surface area contributed by atoms with Crippen LogP contribution in [-0.4, -0.2) is 38.7 Å². The van der Waals surface area contributed by atoms with Gasteiger partial charge in [-0.2, -0.15) is 26.3 Å². The summed E-state index contributed by atoms with van der Waals surface area (Å²) in [4.78, 5) is 40.4. The Kier molecular flexibility index (Phi) is 8.12. The van der Waals surface area contributed by atoms with Crippen molar-refractivity contribution in [2.24, 2.45) is 0 Å². The number of halogens is 6. The van der Waals surface area contributed by atoms with Gasteiger partial charge in [0.1, 0.15) is 0 Å². The molecule has 0 aliphatic carbocycles. The van der Waals surface area contributed by atoms with Crippen LogP contribution in [0.15, 0.2) is 41.3 Å². The topological polar surface area (TPSA) is 87.6 Å². The van der Waals surface area contributed by atoms with Gasteiger partial charge in [0, 0.05) is 18.5 Å². The van der Waals surface area contributed by atoms with Crippen LogP contribution >= 0.6 is 11.8 Å². The van der Waals surface area contributed by atoms with Crippen molar-refractivity contribution in [2.75, 3.05) is 6.54 Å². The predicted molar refractivity (Wildman–Crippen MR) is 118 cm³/mol. The summed E-state index contributed by atoms with van der Waals surface area (Å²) in [6.45, 7) is 0.0829. The number of benzene rings is 1. The van der Waals surface area contributed by atoms with E-state index in [9.17, 15) is 40.7 Å². The minimum absolute atomic E-state index is 0.00444. The zero-order valence-corrected chi connectivity index (χ0v) is 19.1. The van der Waals surface area contributed by atoms with E-state index < -0.39 is 46.2 Å². The van der Waals surface area contributed by atoms with E-state index in [1.807, 2.05) is 0 Å². The fraction of sp³-hybridized carbons (Fsp3) is 0.304. The van der Waals surface area contributed by atoms with Gasteiger partial charge in [0.15, 0.2) is 0 Å². The van der Waals surface area contributed by atoms with Crippen molar-refractivity contribution in [1.29, 1.82) is 0 Å². The quantitative estimate of drug-likeness (QED) is 0.238. The maximum atomic E-state index is 13.2. The summed E-state index contributed by atoms with van der Waals surface area (Å²) in [5.74, 6) is -1.56. The summed E-state index contributed by atoms with van der Waals surface area (Å²) < 4.78 is 79.1. The number of unbranched alkanes of at least 4 members (excludes halogenated alkanes) is 2. The van der Waals surface area contributed by atoms with E-state index in [2.05, 4.69) is 4.98 Å². The molecule has 36 heavy (non-hydrogen) atoms. The lowest BCUT2D eigenvalue weighted by Crippen LogP contribution is -2.29. The molecule has 1 aromatic carbocycles. The van der Waals surface area contributed by atoms with Gasteiger partial charge in [0.25, 0.3) is 11.1 Å². The maximum Gasteiger partial charge on any atom is 0.416 e. The van der Waals surface area contributed by atoms with Crippen molar-refractivity contribution in [2.45, 2.75) is 38.0 Å². The number of aliphatic carboxylic acids is 1. The molecular formula is C23H18F6N2O4S. The molecule has 0 saturated carbocycles. The van der Waals surface area contributed by atoms with Gasteiger partial charge in [0.2, 0.25) is 0 Å². The Hall–Kier alpha value is -3.35. The summed E-state index contributed by atoms with van der Waals surface area (Å²) in [6, 6.07) is 5.11. The molecule has 3 rings (SSSR count). The molecule has 192 valence electrons. The van der Waals surface area contributed by atoms with Crippen molar-refractivity contribution in [3.63, 3.8) is 0 Å². The lowest BCUT2D eigenvalue weighted by atomic mass is 10.0. The number of carboxylic acid groups (broad SMARTS) is 1. The summed E-state index contributed by atoms with van der Waals surface area (Å²) in [7, 11) is 0. The second kappa shape index (κ2) is 10.7. The molecule has 0 unspecified atom stereocenters. The van der Waals surface area contributed by atoms with E-state index in [1.54, 1.807) is 0 Å². The molecule has 1 saturated heterocycles. The van der Waals surface area contributed by atoms with Crippen LogP contribution in [-0.2, 0) is 21.9 Å². The molecule has 1 fully saturated rings. The highest BCUT2D eigenvalue weighted by molar-refractivity contribution is 8.18. The average Bonchev–Trinajstić information content (AvgIpc) is 3.04. The third-order valence-corrected chi connectivity index (χ3v) is 5.99. The number of hydrogen-bond donors (Lipinski definition) is 1. The fourth-order valence-electron chi connectivity index (χ4n) is 3.35. The first kappa shape index (κ1) is 27.2. The second-order valence-corrected chi connectivity index (χ2v) is 8.77. The number of carbonyl (C=O) groups is 3. The number of pyridine rings is 1. The van der Waals surface area contributed by atoms with Crippen LogP contribution in [0.2, 0.25) is 0 Å². The molecule has 1 aliphatic rings. The Morgan fingerprint density at radius 2 is 1.61 bits per heavy atom. The van der Waals surface area contributed by atoms with Gasteiger partial charge in [-0.1, -0.05) is 12.5 Å². The summed E-state index contributed by atoms with van der Waals surface area (Å²) in [6.07, 6.45) is -7.53. The summed E-state index contributed by atoms with van der Waals surface area (Å²) >= 11 is 0.626. The van der Waals surface area contributed by atoms with Gasteiger partial charge in [0.05, 0.1) is 27.4 Å². The first-order valence-corrected chi connectivity index (χ1v) is 11.3. The standard InChI is InChI=1S/C23H18F6N2O4S/c24-22(25,26)14-9-13(10-15(11-14)23(27,28)29)17-6-4-5-16(30-17)12-18-20(34)31(21(35)36-18)8-3-1-2-7-19(32)33/h4-6,9-12H,1-3,7-8H2,(H,32,33)/b18-12-. The summed E-state index contributed by atoms with van der Waals surface area (Å²) in [5, 5.41) is 8.09. The van der Waals surface area contributed by atoms with E-state index in [1.165, 1.54) is 24.3 Å². The van der Waals surface area contributed by atoms with Gasteiger partial charge in [-0.15, -0.1) is 0 Å². The first-order chi connectivity index (χ1) is 16.8. The maximum absolute atomic E-state index is 13.2. The van der Waals surface area contributed by atoms with Crippen molar-refractivity contribution >= 4 is 35.0 Å². The normalized spacial score (nSPS) is 15.7. The van der Waals surface area contributed by atoms with E-state index in [0.29, 0.717) is 43.2 Å². The molecule has 0 radical (unpaired) electrons. The van der Waals surface area contributed by atoms with Crippen LogP contribution in [0, 0.1) is 0 Å². The van der Waals surface area contributed by atoms with Crippen LogP contribution in [0.1, 0.15) is 42.5 Å². The van der Waals surface area contributed by atoms with Crippen molar-refractivity contribution < 1.29 is 45.8 Å². The number of carboxylic acids is 1. The molecule has 13 heteroatoms. The van der Waals surface area contributed by atoms with Gasteiger partial charge in [-0.05, 0) is 61.0 Å². The second-order valence-electron chi connectivity index (χ2n) is 7.78. The van der Waals surface area contributed by atoms with E-state index >= 15 is 0 Å². The monoisotopic (exact) mass is 532 g/mol. The molecule has 0 bridgehead atoms. The molecule has 1 N–H and O–H groups in total. The van der Waals surface area contributed by atoms with Crippen LogP contribution in [0.4, 0.5) is 31.1 Å². The van der Waals surface area contributed by atoms with Gasteiger partial charge in [-0.3, -0.25) is 19.3 Å². The molecule has 0 atom stereocenters. The third-order valence-electron chi connectivity index (χ3n) is 5.08. The molecule has 2 amide bonds. The third kappa shape index (κ3) is 6.86. The van der Waals surface area contributed by atoms with Crippen LogP contribution in [0.5, 0.6) is 0 Å². The lowest BCUT2D eigenvalue weighted by Gasteiger charge is -2.14. The molecule has 1 aliphatic heterocycles. The lowest BCUT2D eigenvalue weighted by molar-refractivity contribution is -0.143. The first-order valence-electron chi connectivity index (χ1n) is 10.5. The van der Waals surface area contributed by atoms with Crippen molar-refractivity contribution in [1.82, 2.24) is 9.88 Å². The Labute approximate surface area is 205 Å². The molecule has 2 aromatic rings. The fourth-order valence-corrected chi connectivity index (χ4v) is 4.20. The van der Waals surface area contributed by atoms with Gasteiger partial charge >= 0.3 is 18.3 Å². The molecule has 2 heterocycles. The highest BCUT2D eigenvalue weighted by atomic mass is 32.2. The SMILES string of the molecule is O=C(O)CCCCCN1C(=O)S/C(=C\c2cccc(-c3cc(C(F)(F)F)cc(C(F)(F)F)c3)n2)C1=O. The number of imide groups is 1. The minimum Gasteiger partial charge on any atom is -0.481 e. The van der Waals surface area contributed by atoms with Crippen LogP contribution < -0.4 is 0 Å². The van der Waals surface area contributed by atoms with Crippen LogP contribution in [0.25, 0.3) is 17.3 Å². The molecular weight excluding hydrogens is 514 g/mol. The molecule has 6 nitrogen and oxygen atoms in total. The zero-order chi connectivity index (χ0) is 26.7. The Bertz CT molecular complexity index is 1180. The van der Waals surface area contributed by atoms with E-state index in [0.717, 1.165) is 4.90 Å². The highest BCUT2D eigenvalue weighted by Gasteiger charge is 2.37. The largest absolute Gasteiger partial charge is 0.481 e. The number of aromatic nitrogens is 1. The number of nitrogens with zero attached hydrogens (tertiary/aromatic N) is 2. The zero-order valence-electron chi connectivity index (χ0n) is 18.3. The molecule has 0 spiro atoms. The number of rotatable bonds is 8. The average molecular weight is 532 g/mol. The Morgan fingerprint density at radius 3 is 2.19 bits per heavy atom. The van der Waals surface area contributed by atoms with Crippen molar-refractivity contribution in [3.05, 3.63) is 58.1 Å². The van der Waals surface area contributed by atoms with Crippen molar-refractivity contribution in [3.8, 4) is 11.3 Å². The number of hydrogen-bond acceptors (Lipinski definition) is 5. The number of alkyl halides is 6. The van der Waals surface area contributed by atoms with E-state index in [4.69, 9.17) is 5.11 Å². The smallest absolute Gasteiger partial charge is 0.416 e. The minimum atomic E-state index is -5.01. The Balaban J connectivity index is 1.83. The summed E-state index contributed by atoms with van der Waals surface area (Å²) in [5.41, 5.74) is -3.50. The van der Waals surface area contributed by atoms with Crippen LogP contribution in [0.3, 0.4) is 0 Å². The number of carbonyl (C=O) groups excluding carboxylic acids is 2. The number of thioether (sulfide) groups is 1. The van der Waals surface area contributed by atoms with E-state index in [-0.39, 0.29) is 35.3 Å². The molecule has 1 aromatic heterocycles. The van der Waals surface area contributed by atoms with Gasteiger partial charge < -0.3 is 5.11 Å².